The summed E-state index contributed by atoms with van der Waals surface area (Å²) in [6, 6.07) is 0. The second-order valence-corrected chi connectivity index (χ2v) is 11.0. The zero-order valence-corrected chi connectivity index (χ0v) is 18.4. The number of carbonyl (C=O) groups excluding carboxylic acids is 2. The normalized spacial score (nSPS) is 44.7. The van der Waals surface area contributed by atoms with E-state index in [0.29, 0.717) is 29.6 Å². The molecule has 0 radical (unpaired) electrons. The van der Waals surface area contributed by atoms with Gasteiger partial charge in [0.05, 0.1) is 11.8 Å². The van der Waals surface area contributed by atoms with E-state index in [1.165, 1.54) is 25.7 Å². The van der Waals surface area contributed by atoms with Crippen LogP contribution in [0.2, 0.25) is 0 Å². The third-order valence-electron chi connectivity index (χ3n) is 9.82. The Bertz CT molecular complexity index is 666. The Labute approximate surface area is 175 Å². The van der Waals surface area contributed by atoms with Crippen molar-refractivity contribution in [2.75, 3.05) is 0 Å². The minimum Gasteiger partial charge on any atom is -0.462 e. The molecule has 9 unspecified atom stereocenters. The average molecular weight is 403 g/mol. The molecule has 0 aromatic heterocycles. The highest BCUT2D eigenvalue weighted by molar-refractivity contribution is 5.74. The van der Waals surface area contributed by atoms with Crippen molar-refractivity contribution in [3.05, 3.63) is 0 Å². The van der Waals surface area contributed by atoms with Gasteiger partial charge in [-0.1, -0.05) is 20.8 Å². The molecule has 5 rings (SSSR count). The lowest BCUT2D eigenvalue weighted by Gasteiger charge is -2.41. The molecule has 0 heterocycles. The molecule has 5 aliphatic carbocycles. The maximum Gasteiger partial charge on any atom is 0.309 e. The fourth-order valence-corrected chi connectivity index (χ4v) is 8.22. The molecule has 0 N–H and O–H groups in total. The van der Waals surface area contributed by atoms with Crippen molar-refractivity contribution in [3.63, 3.8) is 0 Å². The largest absolute Gasteiger partial charge is 0.462 e. The van der Waals surface area contributed by atoms with Crippen LogP contribution in [-0.4, -0.2) is 23.6 Å². The minimum atomic E-state index is -0.179. The number of esters is 2. The van der Waals surface area contributed by atoms with Crippen molar-refractivity contribution in [3.8, 4) is 0 Å². The summed E-state index contributed by atoms with van der Waals surface area (Å²) >= 11 is 0. The first-order valence-electron chi connectivity index (χ1n) is 12.4. The summed E-state index contributed by atoms with van der Waals surface area (Å²) in [6.45, 7) is 6.18. The molecule has 0 aliphatic heterocycles. The van der Waals surface area contributed by atoms with Crippen LogP contribution in [0.1, 0.15) is 85.0 Å². The molecule has 0 aromatic carbocycles. The lowest BCUT2D eigenvalue weighted by atomic mass is 9.66. The maximum absolute atomic E-state index is 13.2. The molecule has 29 heavy (non-hydrogen) atoms. The number of rotatable bonds is 6. The van der Waals surface area contributed by atoms with Gasteiger partial charge in [0.15, 0.2) is 0 Å². The van der Waals surface area contributed by atoms with Gasteiger partial charge in [-0.2, -0.15) is 0 Å². The molecule has 4 bridgehead atoms. The molecule has 5 saturated carbocycles. The second kappa shape index (κ2) is 7.27. The third kappa shape index (κ3) is 3.07. The van der Waals surface area contributed by atoms with Gasteiger partial charge in [-0.05, 0) is 99.7 Å². The number of hydrogen-bond donors (Lipinski definition) is 0. The standard InChI is InChI=1S/C25H38O4/c1-4-14(3)23(26)28-20-13-16-12-19(20)22-17-10-15(21(16)22)11-18(17)24(27)29-25(5-2)8-6-7-9-25/h14-22H,4-13H2,1-3H3. The summed E-state index contributed by atoms with van der Waals surface area (Å²) in [6.07, 6.45) is 10.9. The van der Waals surface area contributed by atoms with Crippen LogP contribution in [0, 0.1) is 47.3 Å². The fraction of sp³-hybridized carbons (Fsp3) is 0.920. The molecule has 0 spiro atoms. The van der Waals surface area contributed by atoms with E-state index in [1.807, 2.05) is 13.8 Å². The topological polar surface area (TPSA) is 52.6 Å². The fourth-order valence-electron chi connectivity index (χ4n) is 8.22. The monoisotopic (exact) mass is 402 g/mol. The number of hydrogen-bond acceptors (Lipinski definition) is 4. The number of carbonyl (C=O) groups is 2. The van der Waals surface area contributed by atoms with Crippen LogP contribution in [0.25, 0.3) is 0 Å². The van der Waals surface area contributed by atoms with Gasteiger partial charge >= 0.3 is 11.9 Å². The van der Waals surface area contributed by atoms with E-state index in [0.717, 1.165) is 44.4 Å². The van der Waals surface area contributed by atoms with Crippen LogP contribution in [-0.2, 0) is 19.1 Å². The van der Waals surface area contributed by atoms with Gasteiger partial charge in [-0.15, -0.1) is 0 Å². The van der Waals surface area contributed by atoms with E-state index >= 15 is 0 Å². The Kier molecular flexibility index (Phi) is 4.98. The quantitative estimate of drug-likeness (QED) is 0.456. The Morgan fingerprint density at radius 2 is 1.66 bits per heavy atom. The Morgan fingerprint density at radius 3 is 2.34 bits per heavy atom. The summed E-state index contributed by atoms with van der Waals surface area (Å²) < 4.78 is 12.2. The molecule has 9 atom stereocenters. The van der Waals surface area contributed by atoms with E-state index in [2.05, 4.69) is 6.92 Å². The van der Waals surface area contributed by atoms with E-state index in [1.54, 1.807) is 0 Å². The van der Waals surface area contributed by atoms with Gasteiger partial charge in [0.25, 0.3) is 0 Å². The molecule has 4 heteroatoms. The van der Waals surface area contributed by atoms with Crippen LogP contribution in [0.5, 0.6) is 0 Å². The average Bonchev–Trinajstić information content (AvgIpc) is 3.51. The Hall–Kier alpha value is -1.06. The Morgan fingerprint density at radius 1 is 0.966 bits per heavy atom. The van der Waals surface area contributed by atoms with Gasteiger partial charge < -0.3 is 9.47 Å². The molecule has 5 aliphatic rings. The predicted molar refractivity (Wildman–Crippen MR) is 110 cm³/mol. The second-order valence-electron chi connectivity index (χ2n) is 11.0. The van der Waals surface area contributed by atoms with Gasteiger partial charge in [-0.3, -0.25) is 9.59 Å². The molecule has 4 nitrogen and oxygen atoms in total. The van der Waals surface area contributed by atoms with Crippen LogP contribution in [0.4, 0.5) is 0 Å². The molecule has 0 aromatic rings. The van der Waals surface area contributed by atoms with Gasteiger partial charge in [0.2, 0.25) is 0 Å². The summed E-state index contributed by atoms with van der Waals surface area (Å²) in [5, 5.41) is 0. The maximum atomic E-state index is 13.2. The highest BCUT2D eigenvalue weighted by atomic mass is 16.6. The SMILES string of the molecule is CCC(C)C(=O)OC1CC2CC1C1C3CC(CC3C(=O)OC3(CC)CCCC3)C21. The molecule has 5 fully saturated rings. The highest BCUT2D eigenvalue weighted by Crippen LogP contribution is 2.69. The van der Waals surface area contributed by atoms with Crippen LogP contribution in [0.3, 0.4) is 0 Å². The van der Waals surface area contributed by atoms with Crippen molar-refractivity contribution in [1.29, 1.82) is 0 Å². The zero-order valence-electron chi connectivity index (χ0n) is 18.4. The minimum absolute atomic E-state index is 0.00989. The van der Waals surface area contributed by atoms with Crippen molar-refractivity contribution >= 4 is 11.9 Å². The summed E-state index contributed by atoms with van der Waals surface area (Å²) in [5.41, 5.74) is -0.179. The number of fused-ring (bicyclic) bond motifs is 9. The third-order valence-corrected chi connectivity index (χ3v) is 9.82. The van der Waals surface area contributed by atoms with E-state index in [9.17, 15) is 9.59 Å². The lowest BCUT2D eigenvalue weighted by Crippen LogP contribution is -2.43. The van der Waals surface area contributed by atoms with Crippen LogP contribution >= 0.6 is 0 Å². The van der Waals surface area contributed by atoms with Gasteiger partial charge in [-0.25, -0.2) is 0 Å². The van der Waals surface area contributed by atoms with Crippen molar-refractivity contribution < 1.29 is 19.1 Å². The first-order chi connectivity index (χ1) is 14.0. The molecule has 162 valence electrons. The van der Waals surface area contributed by atoms with Crippen molar-refractivity contribution in [1.82, 2.24) is 0 Å². The summed E-state index contributed by atoms with van der Waals surface area (Å²) in [5.74, 6) is 3.87. The first-order valence-corrected chi connectivity index (χ1v) is 12.4. The molecular formula is C25H38O4. The van der Waals surface area contributed by atoms with E-state index < -0.39 is 0 Å². The molecule has 0 amide bonds. The summed E-state index contributed by atoms with van der Waals surface area (Å²) in [4.78, 5) is 25.6. The first kappa shape index (κ1) is 19.9. The van der Waals surface area contributed by atoms with Crippen LogP contribution < -0.4 is 0 Å². The van der Waals surface area contributed by atoms with E-state index in [4.69, 9.17) is 9.47 Å². The zero-order chi connectivity index (χ0) is 20.3. The highest BCUT2D eigenvalue weighted by Gasteiger charge is 2.66. The van der Waals surface area contributed by atoms with E-state index in [-0.39, 0.29) is 35.5 Å². The van der Waals surface area contributed by atoms with Crippen LogP contribution in [0.15, 0.2) is 0 Å². The Balaban J connectivity index is 1.27. The van der Waals surface area contributed by atoms with Crippen molar-refractivity contribution in [2.45, 2.75) is 96.7 Å². The smallest absolute Gasteiger partial charge is 0.309 e. The predicted octanol–water partition coefficient (Wildman–Crippen LogP) is 5.14. The summed E-state index contributed by atoms with van der Waals surface area (Å²) in [7, 11) is 0. The molecule has 0 saturated heterocycles. The lowest BCUT2D eigenvalue weighted by molar-refractivity contribution is -0.171. The van der Waals surface area contributed by atoms with Crippen molar-refractivity contribution in [2.24, 2.45) is 47.3 Å². The van der Waals surface area contributed by atoms with Gasteiger partial charge in [0, 0.05) is 0 Å². The van der Waals surface area contributed by atoms with Gasteiger partial charge in [0.1, 0.15) is 11.7 Å². The molecular weight excluding hydrogens is 364 g/mol. The number of ether oxygens (including phenoxy) is 2.